The highest BCUT2D eigenvalue weighted by Gasteiger charge is 2.25. The molecule has 1 saturated carbocycles. The summed E-state index contributed by atoms with van der Waals surface area (Å²) in [6.45, 7) is 9.22. The average Bonchev–Trinajstić information content (AvgIpc) is 2.99. The van der Waals surface area contributed by atoms with Crippen LogP contribution in [0, 0.1) is 5.92 Å². The predicted octanol–water partition coefficient (Wildman–Crippen LogP) is 2.10. The second-order valence-electron chi connectivity index (χ2n) is 4.84. The Hall–Kier alpha value is -0.0800. The second-order valence-corrected chi connectivity index (χ2v) is 4.84. The SMILES string of the molecule is CCC(C)C(C)NCCN(C)C1CC1. The summed E-state index contributed by atoms with van der Waals surface area (Å²) in [4.78, 5) is 2.48. The van der Waals surface area contributed by atoms with E-state index in [1.165, 1.54) is 25.8 Å². The Morgan fingerprint density at radius 2 is 2.00 bits per heavy atom. The van der Waals surface area contributed by atoms with Crippen LogP contribution in [0.2, 0.25) is 0 Å². The van der Waals surface area contributed by atoms with Gasteiger partial charge in [-0.2, -0.15) is 0 Å². The first-order valence-corrected chi connectivity index (χ1v) is 6.08. The highest BCUT2D eigenvalue weighted by Crippen LogP contribution is 2.24. The molecule has 2 heteroatoms. The molecular formula is C12H26N2. The Bertz CT molecular complexity index is 154. The van der Waals surface area contributed by atoms with Crippen LogP contribution in [-0.4, -0.2) is 37.1 Å². The maximum Gasteiger partial charge on any atom is 0.0107 e. The monoisotopic (exact) mass is 198 g/mol. The van der Waals surface area contributed by atoms with Gasteiger partial charge in [0.1, 0.15) is 0 Å². The highest BCUT2D eigenvalue weighted by atomic mass is 15.2. The summed E-state index contributed by atoms with van der Waals surface area (Å²) in [5, 5.41) is 3.61. The van der Waals surface area contributed by atoms with Crippen molar-refractivity contribution >= 4 is 0 Å². The molecule has 14 heavy (non-hydrogen) atoms. The van der Waals surface area contributed by atoms with E-state index in [2.05, 4.69) is 38.0 Å². The van der Waals surface area contributed by atoms with Gasteiger partial charge in [0, 0.05) is 25.2 Å². The van der Waals surface area contributed by atoms with Gasteiger partial charge in [-0.1, -0.05) is 20.3 Å². The van der Waals surface area contributed by atoms with E-state index < -0.39 is 0 Å². The van der Waals surface area contributed by atoms with Crippen molar-refractivity contribution < 1.29 is 0 Å². The Kier molecular flexibility index (Phi) is 4.90. The zero-order chi connectivity index (χ0) is 10.6. The van der Waals surface area contributed by atoms with Crippen molar-refractivity contribution in [2.45, 2.75) is 52.1 Å². The summed E-state index contributed by atoms with van der Waals surface area (Å²) in [5.41, 5.74) is 0. The van der Waals surface area contributed by atoms with E-state index in [4.69, 9.17) is 0 Å². The quantitative estimate of drug-likeness (QED) is 0.674. The van der Waals surface area contributed by atoms with E-state index in [9.17, 15) is 0 Å². The summed E-state index contributed by atoms with van der Waals surface area (Å²) >= 11 is 0. The molecule has 2 nitrogen and oxygen atoms in total. The van der Waals surface area contributed by atoms with Crippen molar-refractivity contribution in [3.05, 3.63) is 0 Å². The molecule has 1 aliphatic carbocycles. The molecule has 1 aliphatic rings. The van der Waals surface area contributed by atoms with Gasteiger partial charge in [0.2, 0.25) is 0 Å². The fourth-order valence-electron chi connectivity index (χ4n) is 1.72. The molecule has 2 atom stereocenters. The summed E-state index contributed by atoms with van der Waals surface area (Å²) in [7, 11) is 2.24. The third kappa shape index (κ3) is 3.97. The summed E-state index contributed by atoms with van der Waals surface area (Å²) < 4.78 is 0. The maximum atomic E-state index is 3.61. The molecule has 0 aromatic heterocycles. The minimum Gasteiger partial charge on any atom is -0.313 e. The largest absolute Gasteiger partial charge is 0.313 e. The Morgan fingerprint density at radius 3 is 2.50 bits per heavy atom. The van der Waals surface area contributed by atoms with Crippen molar-refractivity contribution in [1.82, 2.24) is 10.2 Å². The van der Waals surface area contributed by atoms with E-state index in [1.54, 1.807) is 0 Å². The number of hydrogen-bond donors (Lipinski definition) is 1. The first-order chi connectivity index (χ1) is 6.65. The van der Waals surface area contributed by atoms with Crippen LogP contribution in [0.5, 0.6) is 0 Å². The molecule has 0 aromatic carbocycles. The first kappa shape index (κ1) is 12.0. The van der Waals surface area contributed by atoms with Gasteiger partial charge in [-0.3, -0.25) is 0 Å². The van der Waals surface area contributed by atoms with Gasteiger partial charge in [0.05, 0.1) is 0 Å². The Morgan fingerprint density at radius 1 is 1.36 bits per heavy atom. The maximum absolute atomic E-state index is 3.61. The van der Waals surface area contributed by atoms with Gasteiger partial charge in [0.25, 0.3) is 0 Å². The zero-order valence-corrected chi connectivity index (χ0v) is 10.2. The fraction of sp³-hybridized carbons (Fsp3) is 1.00. The molecule has 0 radical (unpaired) electrons. The number of hydrogen-bond acceptors (Lipinski definition) is 2. The van der Waals surface area contributed by atoms with Gasteiger partial charge >= 0.3 is 0 Å². The molecule has 1 fully saturated rings. The molecule has 2 unspecified atom stereocenters. The predicted molar refractivity (Wildman–Crippen MR) is 62.6 cm³/mol. The van der Waals surface area contributed by atoms with Crippen molar-refractivity contribution in [3.63, 3.8) is 0 Å². The lowest BCUT2D eigenvalue weighted by Crippen LogP contribution is -2.38. The number of nitrogens with zero attached hydrogens (tertiary/aromatic N) is 1. The average molecular weight is 198 g/mol. The van der Waals surface area contributed by atoms with Crippen LogP contribution < -0.4 is 5.32 Å². The molecule has 1 N–H and O–H groups in total. The summed E-state index contributed by atoms with van der Waals surface area (Å²) in [6.07, 6.45) is 4.10. The van der Waals surface area contributed by atoms with E-state index in [-0.39, 0.29) is 0 Å². The standard InChI is InChI=1S/C12H26N2/c1-5-10(2)11(3)13-8-9-14(4)12-6-7-12/h10-13H,5-9H2,1-4H3. The molecule has 84 valence electrons. The fourth-order valence-corrected chi connectivity index (χ4v) is 1.72. The molecule has 0 aromatic rings. The second kappa shape index (κ2) is 5.72. The van der Waals surface area contributed by atoms with Gasteiger partial charge in [-0.05, 0) is 32.7 Å². The van der Waals surface area contributed by atoms with Crippen LogP contribution in [0.25, 0.3) is 0 Å². The van der Waals surface area contributed by atoms with Crippen molar-refractivity contribution in [1.29, 1.82) is 0 Å². The molecule has 0 aliphatic heterocycles. The minimum atomic E-state index is 0.660. The van der Waals surface area contributed by atoms with Crippen molar-refractivity contribution in [2.75, 3.05) is 20.1 Å². The van der Waals surface area contributed by atoms with Crippen LogP contribution in [0.4, 0.5) is 0 Å². The van der Waals surface area contributed by atoms with Crippen molar-refractivity contribution in [3.8, 4) is 0 Å². The van der Waals surface area contributed by atoms with Gasteiger partial charge in [-0.25, -0.2) is 0 Å². The first-order valence-electron chi connectivity index (χ1n) is 6.08. The van der Waals surface area contributed by atoms with Crippen LogP contribution in [0.1, 0.15) is 40.0 Å². The summed E-state index contributed by atoms with van der Waals surface area (Å²) in [6, 6.07) is 1.56. The van der Waals surface area contributed by atoms with E-state index >= 15 is 0 Å². The van der Waals surface area contributed by atoms with Crippen LogP contribution >= 0.6 is 0 Å². The lowest BCUT2D eigenvalue weighted by atomic mass is 10.0. The van der Waals surface area contributed by atoms with E-state index in [1.807, 2.05) is 0 Å². The lowest BCUT2D eigenvalue weighted by Gasteiger charge is -2.22. The Balaban J connectivity index is 2.01. The third-order valence-electron chi connectivity index (χ3n) is 3.60. The zero-order valence-electron chi connectivity index (χ0n) is 10.2. The van der Waals surface area contributed by atoms with Gasteiger partial charge in [-0.15, -0.1) is 0 Å². The van der Waals surface area contributed by atoms with E-state index in [0.29, 0.717) is 6.04 Å². The molecule has 0 bridgehead atoms. The molecule has 0 spiro atoms. The lowest BCUT2D eigenvalue weighted by molar-refractivity contribution is 0.301. The van der Waals surface area contributed by atoms with Crippen LogP contribution in [-0.2, 0) is 0 Å². The highest BCUT2D eigenvalue weighted by molar-refractivity contribution is 4.82. The number of likely N-dealkylation sites (N-methyl/N-ethyl adjacent to an activating group) is 1. The van der Waals surface area contributed by atoms with Crippen LogP contribution in [0.3, 0.4) is 0 Å². The normalized spacial score (nSPS) is 21.2. The molecule has 0 heterocycles. The minimum absolute atomic E-state index is 0.660. The molecular weight excluding hydrogens is 172 g/mol. The number of rotatable bonds is 7. The third-order valence-corrected chi connectivity index (χ3v) is 3.60. The van der Waals surface area contributed by atoms with Gasteiger partial charge < -0.3 is 10.2 Å². The Labute approximate surface area is 89.1 Å². The molecule has 0 saturated heterocycles. The number of nitrogens with one attached hydrogen (secondary N) is 1. The smallest absolute Gasteiger partial charge is 0.0107 e. The summed E-state index contributed by atoms with van der Waals surface area (Å²) in [5.74, 6) is 0.793. The van der Waals surface area contributed by atoms with Crippen molar-refractivity contribution in [2.24, 2.45) is 5.92 Å². The van der Waals surface area contributed by atoms with E-state index in [0.717, 1.165) is 18.5 Å². The van der Waals surface area contributed by atoms with Gasteiger partial charge in [0.15, 0.2) is 0 Å². The molecule has 1 rings (SSSR count). The van der Waals surface area contributed by atoms with Crippen LogP contribution in [0.15, 0.2) is 0 Å². The molecule has 0 amide bonds. The topological polar surface area (TPSA) is 15.3 Å².